The highest BCUT2D eigenvalue weighted by atomic mass is 15.3. The van der Waals surface area contributed by atoms with Crippen LogP contribution < -0.4 is 19.6 Å². The Morgan fingerprint density at radius 1 is 0.375 bits per heavy atom. The Labute approximate surface area is 280 Å². The quantitative estimate of drug-likeness (QED) is 0.191. The van der Waals surface area contributed by atoms with E-state index in [1.165, 1.54) is 11.4 Å². The van der Waals surface area contributed by atoms with E-state index in [-0.39, 0.29) is 0 Å². The molecule has 4 heterocycles. The molecule has 0 bridgehead atoms. The number of benzene rings is 5. The van der Waals surface area contributed by atoms with Gasteiger partial charge in [0.1, 0.15) is 0 Å². The van der Waals surface area contributed by atoms with Crippen LogP contribution in [0, 0.1) is 0 Å². The average molecular weight is 621 g/mol. The van der Waals surface area contributed by atoms with Crippen LogP contribution in [0.4, 0.5) is 62.6 Å². The molecule has 0 N–H and O–H groups in total. The Morgan fingerprint density at radius 3 is 1.15 bits per heavy atom. The number of nitrogens with zero attached hydrogens (tertiary/aromatic N) is 6. The third-order valence-electron chi connectivity index (χ3n) is 9.25. The second-order valence-electron chi connectivity index (χ2n) is 11.8. The van der Waals surface area contributed by atoms with E-state index in [2.05, 4.69) is 166 Å². The molecule has 2 aromatic heterocycles. The standard InChI is InChI=1S/C42H32N6/c1-2-45-35-16-6-8-18-37(35)47(38-19-9-7-17-36(38)45)33-24-26-43-28-31(33)32-29-44-27-25-34(32)48-41-22-12-10-20-39(41)46(30-14-4-3-5-15-30)40-21-11-13-23-42(40)48/h3-29H,2H2,1H3. The van der Waals surface area contributed by atoms with Crippen LogP contribution in [0.15, 0.2) is 164 Å². The van der Waals surface area contributed by atoms with Gasteiger partial charge in [-0.25, -0.2) is 0 Å². The van der Waals surface area contributed by atoms with E-state index in [4.69, 9.17) is 9.97 Å². The summed E-state index contributed by atoms with van der Waals surface area (Å²) in [6.07, 6.45) is 7.72. The maximum absolute atomic E-state index is 4.70. The van der Waals surface area contributed by atoms with E-state index < -0.39 is 0 Å². The lowest BCUT2D eigenvalue weighted by atomic mass is 9.99. The van der Waals surface area contributed by atoms with Gasteiger partial charge >= 0.3 is 0 Å². The summed E-state index contributed by atoms with van der Waals surface area (Å²) in [5, 5.41) is 0. The molecular formula is C42H32N6. The Hall–Kier alpha value is -6.40. The molecule has 5 aromatic carbocycles. The predicted molar refractivity (Wildman–Crippen MR) is 198 cm³/mol. The zero-order valence-corrected chi connectivity index (χ0v) is 26.5. The fourth-order valence-electron chi connectivity index (χ4n) is 7.26. The monoisotopic (exact) mass is 620 g/mol. The average Bonchev–Trinajstić information content (AvgIpc) is 3.16. The summed E-state index contributed by atoms with van der Waals surface area (Å²) in [4.78, 5) is 18.9. The zero-order valence-electron chi connectivity index (χ0n) is 26.5. The normalized spacial score (nSPS) is 13.0. The number of aromatic nitrogens is 2. The first-order valence-electron chi connectivity index (χ1n) is 16.3. The van der Waals surface area contributed by atoms with Crippen LogP contribution in [-0.4, -0.2) is 16.5 Å². The molecule has 2 aliphatic heterocycles. The number of hydrogen-bond acceptors (Lipinski definition) is 6. The number of pyridine rings is 2. The maximum atomic E-state index is 4.70. The van der Waals surface area contributed by atoms with Gasteiger partial charge in [0.2, 0.25) is 0 Å². The minimum absolute atomic E-state index is 0.867. The summed E-state index contributed by atoms with van der Waals surface area (Å²) in [6, 6.07) is 49.3. The first-order valence-corrected chi connectivity index (χ1v) is 16.3. The van der Waals surface area contributed by atoms with Gasteiger partial charge in [-0.3, -0.25) is 9.97 Å². The number of para-hydroxylation sites is 9. The van der Waals surface area contributed by atoms with Crippen molar-refractivity contribution in [2.75, 3.05) is 26.1 Å². The van der Waals surface area contributed by atoms with Gasteiger partial charge in [-0.1, -0.05) is 66.7 Å². The summed E-state index contributed by atoms with van der Waals surface area (Å²) in [6.45, 7) is 3.07. The van der Waals surface area contributed by atoms with Crippen LogP contribution in [0.5, 0.6) is 0 Å². The second-order valence-corrected chi connectivity index (χ2v) is 11.8. The smallest absolute Gasteiger partial charge is 0.0703 e. The molecule has 0 amide bonds. The van der Waals surface area contributed by atoms with Gasteiger partial charge in [0, 0.05) is 48.1 Å². The van der Waals surface area contributed by atoms with Crippen molar-refractivity contribution in [1.29, 1.82) is 0 Å². The minimum atomic E-state index is 0.867. The lowest BCUT2D eigenvalue weighted by Gasteiger charge is -2.41. The van der Waals surface area contributed by atoms with Crippen LogP contribution in [-0.2, 0) is 0 Å². The molecule has 0 unspecified atom stereocenters. The highest BCUT2D eigenvalue weighted by Gasteiger charge is 2.33. The van der Waals surface area contributed by atoms with E-state index in [9.17, 15) is 0 Å². The lowest BCUT2D eigenvalue weighted by Crippen LogP contribution is -2.27. The SMILES string of the molecule is CCN1c2ccccc2N(c2ccncc2-c2cnccc2N2c3ccccc3N(c3ccccc3)c3ccccc32)c2ccccc21. The number of rotatable bonds is 5. The van der Waals surface area contributed by atoms with E-state index in [1.54, 1.807) is 0 Å². The molecule has 6 nitrogen and oxygen atoms in total. The predicted octanol–water partition coefficient (Wildman–Crippen LogP) is 11.3. The molecule has 6 heteroatoms. The van der Waals surface area contributed by atoms with Crippen molar-refractivity contribution in [2.24, 2.45) is 0 Å². The van der Waals surface area contributed by atoms with Gasteiger partial charge in [-0.2, -0.15) is 0 Å². The lowest BCUT2D eigenvalue weighted by molar-refractivity contribution is 0.998. The summed E-state index contributed by atoms with van der Waals surface area (Å²) in [7, 11) is 0. The Morgan fingerprint density at radius 2 is 0.729 bits per heavy atom. The van der Waals surface area contributed by atoms with Crippen LogP contribution in [0.2, 0.25) is 0 Å². The largest absolute Gasteiger partial charge is 0.338 e. The molecule has 9 rings (SSSR count). The molecule has 48 heavy (non-hydrogen) atoms. The Balaban J connectivity index is 1.27. The molecule has 2 aliphatic rings. The second kappa shape index (κ2) is 11.4. The summed E-state index contributed by atoms with van der Waals surface area (Å²) in [5.41, 5.74) is 14.2. The number of fused-ring (bicyclic) bond motifs is 4. The van der Waals surface area contributed by atoms with E-state index in [0.717, 1.165) is 68.9 Å². The molecular weight excluding hydrogens is 589 g/mol. The minimum Gasteiger partial charge on any atom is -0.338 e. The number of hydrogen-bond donors (Lipinski definition) is 0. The summed E-state index contributed by atoms with van der Waals surface area (Å²) < 4.78 is 0. The first kappa shape index (κ1) is 27.9. The molecule has 0 atom stereocenters. The first-order chi connectivity index (χ1) is 23.8. The van der Waals surface area contributed by atoms with Crippen molar-refractivity contribution < 1.29 is 0 Å². The van der Waals surface area contributed by atoms with Crippen LogP contribution in [0.1, 0.15) is 6.92 Å². The molecule has 7 aromatic rings. The van der Waals surface area contributed by atoms with Gasteiger partial charge in [-0.15, -0.1) is 0 Å². The van der Waals surface area contributed by atoms with Crippen molar-refractivity contribution in [2.45, 2.75) is 6.92 Å². The van der Waals surface area contributed by atoms with Crippen molar-refractivity contribution in [3.05, 3.63) is 164 Å². The van der Waals surface area contributed by atoms with E-state index in [0.29, 0.717) is 0 Å². The van der Waals surface area contributed by atoms with Gasteiger partial charge in [-0.05, 0) is 79.7 Å². The summed E-state index contributed by atoms with van der Waals surface area (Å²) >= 11 is 0. The topological polar surface area (TPSA) is 38.7 Å². The maximum Gasteiger partial charge on any atom is 0.0703 e. The van der Waals surface area contributed by atoms with Crippen molar-refractivity contribution in [3.63, 3.8) is 0 Å². The molecule has 0 radical (unpaired) electrons. The van der Waals surface area contributed by atoms with Crippen molar-refractivity contribution >= 4 is 62.6 Å². The Kier molecular flexibility index (Phi) is 6.64. The van der Waals surface area contributed by atoms with Gasteiger partial charge in [0.05, 0.1) is 56.9 Å². The number of anilines is 11. The zero-order chi connectivity index (χ0) is 32.0. The van der Waals surface area contributed by atoms with Crippen molar-refractivity contribution in [3.8, 4) is 11.1 Å². The highest BCUT2D eigenvalue weighted by molar-refractivity contribution is 6.06. The molecule has 0 saturated heterocycles. The molecule has 230 valence electrons. The molecule has 0 aliphatic carbocycles. The van der Waals surface area contributed by atoms with Crippen LogP contribution in [0.3, 0.4) is 0 Å². The Bertz CT molecular complexity index is 2190. The highest BCUT2D eigenvalue weighted by Crippen LogP contribution is 2.57. The van der Waals surface area contributed by atoms with Gasteiger partial charge in [0.15, 0.2) is 0 Å². The fraction of sp³-hybridized carbons (Fsp3) is 0.0476. The van der Waals surface area contributed by atoms with E-state index >= 15 is 0 Å². The van der Waals surface area contributed by atoms with Crippen molar-refractivity contribution in [1.82, 2.24) is 9.97 Å². The molecule has 0 fully saturated rings. The molecule has 0 saturated carbocycles. The van der Waals surface area contributed by atoms with Gasteiger partial charge in [0.25, 0.3) is 0 Å². The fourth-order valence-corrected chi connectivity index (χ4v) is 7.26. The molecule has 0 spiro atoms. The summed E-state index contributed by atoms with van der Waals surface area (Å²) in [5.74, 6) is 0. The third-order valence-corrected chi connectivity index (χ3v) is 9.25. The van der Waals surface area contributed by atoms with Crippen LogP contribution in [0.25, 0.3) is 11.1 Å². The third kappa shape index (κ3) is 4.27. The van der Waals surface area contributed by atoms with Gasteiger partial charge < -0.3 is 19.6 Å². The van der Waals surface area contributed by atoms with Crippen LogP contribution >= 0.6 is 0 Å². The van der Waals surface area contributed by atoms with E-state index in [1.807, 2.05) is 24.8 Å².